The highest BCUT2D eigenvalue weighted by Gasteiger charge is 2.32. The zero-order chi connectivity index (χ0) is 16.5. The molecule has 0 radical (unpaired) electrons. The fourth-order valence-corrected chi connectivity index (χ4v) is 4.21. The normalized spacial score (nSPS) is 23.8. The van der Waals surface area contributed by atoms with Crippen molar-refractivity contribution in [2.24, 2.45) is 18.9 Å². The molecule has 0 saturated carbocycles. The molecule has 3 heterocycles. The Hall–Kier alpha value is -2.07. The van der Waals surface area contributed by atoms with E-state index in [0.717, 1.165) is 67.8 Å². The van der Waals surface area contributed by atoms with Crippen molar-refractivity contribution >= 4 is 5.91 Å². The molecule has 2 saturated heterocycles. The van der Waals surface area contributed by atoms with Crippen molar-refractivity contribution in [3.05, 3.63) is 48.2 Å². The molecule has 0 unspecified atom stereocenters. The zero-order valence-electron chi connectivity index (χ0n) is 14.2. The maximum Gasteiger partial charge on any atom is 0.270 e. The molecule has 1 amide bonds. The number of hydrogen-bond acceptors (Lipinski definition) is 2. The number of nitrogens with one attached hydrogen (secondary N) is 1. The number of amides is 1. The quantitative estimate of drug-likeness (QED) is 0.923. The summed E-state index contributed by atoms with van der Waals surface area (Å²) in [6, 6.07) is 14.3. The van der Waals surface area contributed by atoms with Crippen molar-refractivity contribution in [3.8, 4) is 11.3 Å². The molecule has 2 fully saturated rings. The molecule has 0 bridgehead atoms. The van der Waals surface area contributed by atoms with Gasteiger partial charge in [-0.15, -0.1) is 0 Å². The van der Waals surface area contributed by atoms with Crippen LogP contribution >= 0.6 is 0 Å². The molecular weight excluding hydrogens is 298 g/mol. The van der Waals surface area contributed by atoms with Gasteiger partial charge in [0.25, 0.3) is 5.91 Å². The Balaban J connectivity index is 1.54. The van der Waals surface area contributed by atoms with E-state index in [1.54, 1.807) is 0 Å². The van der Waals surface area contributed by atoms with Gasteiger partial charge in [-0.2, -0.15) is 0 Å². The van der Waals surface area contributed by atoms with Gasteiger partial charge in [0.2, 0.25) is 0 Å². The zero-order valence-corrected chi connectivity index (χ0v) is 14.2. The Kier molecular flexibility index (Phi) is 4.15. The van der Waals surface area contributed by atoms with E-state index in [-0.39, 0.29) is 5.91 Å². The summed E-state index contributed by atoms with van der Waals surface area (Å²) < 4.78 is 2.03. The molecule has 2 atom stereocenters. The third-order valence-corrected chi connectivity index (χ3v) is 5.72. The maximum absolute atomic E-state index is 13.0. The fraction of sp³-hybridized carbons (Fsp3) is 0.450. The standard InChI is InChI=1S/C20H25N3O/c1-22-18(15-5-3-2-4-6-15)7-8-19(22)20(24)23-11-9-16-13-21-14-17(16)10-12-23/h2-8,16-17,21H,9-14H2,1H3/t16-,17+. The highest BCUT2D eigenvalue weighted by atomic mass is 16.2. The van der Waals surface area contributed by atoms with E-state index in [0.29, 0.717) is 0 Å². The van der Waals surface area contributed by atoms with Crippen molar-refractivity contribution in [2.75, 3.05) is 26.2 Å². The van der Waals surface area contributed by atoms with E-state index < -0.39 is 0 Å². The first-order valence-electron chi connectivity index (χ1n) is 8.95. The number of benzene rings is 1. The Morgan fingerprint density at radius 2 is 1.67 bits per heavy atom. The average Bonchev–Trinajstić information content (AvgIpc) is 3.16. The molecule has 24 heavy (non-hydrogen) atoms. The minimum atomic E-state index is 0.174. The number of nitrogens with zero attached hydrogens (tertiary/aromatic N) is 2. The van der Waals surface area contributed by atoms with Crippen molar-refractivity contribution in [1.29, 1.82) is 0 Å². The Morgan fingerprint density at radius 1 is 1.00 bits per heavy atom. The molecule has 1 aromatic carbocycles. The van der Waals surface area contributed by atoms with Gasteiger partial charge in [0.05, 0.1) is 0 Å². The molecule has 2 aliphatic heterocycles. The minimum Gasteiger partial charge on any atom is -0.340 e. The van der Waals surface area contributed by atoms with Gasteiger partial charge in [0.1, 0.15) is 5.69 Å². The van der Waals surface area contributed by atoms with E-state index in [4.69, 9.17) is 0 Å². The summed E-state index contributed by atoms with van der Waals surface area (Å²) in [6.07, 6.45) is 2.25. The lowest BCUT2D eigenvalue weighted by molar-refractivity contribution is 0.0749. The summed E-state index contributed by atoms with van der Waals surface area (Å²) in [5.41, 5.74) is 3.03. The van der Waals surface area contributed by atoms with Gasteiger partial charge in [-0.05, 0) is 55.5 Å². The van der Waals surface area contributed by atoms with Gasteiger partial charge in [-0.3, -0.25) is 4.79 Å². The van der Waals surface area contributed by atoms with Gasteiger partial charge >= 0.3 is 0 Å². The average molecular weight is 323 g/mol. The first-order chi connectivity index (χ1) is 11.7. The summed E-state index contributed by atoms with van der Waals surface area (Å²) >= 11 is 0. The third kappa shape index (κ3) is 2.75. The molecule has 1 aromatic heterocycles. The van der Waals surface area contributed by atoms with Crippen LogP contribution in [-0.2, 0) is 7.05 Å². The van der Waals surface area contributed by atoms with Gasteiger partial charge in [0.15, 0.2) is 0 Å². The van der Waals surface area contributed by atoms with Crippen LogP contribution in [0.4, 0.5) is 0 Å². The van der Waals surface area contributed by atoms with Gasteiger partial charge < -0.3 is 14.8 Å². The van der Waals surface area contributed by atoms with Crippen molar-refractivity contribution in [3.63, 3.8) is 0 Å². The lowest BCUT2D eigenvalue weighted by atomic mass is 9.92. The second-order valence-corrected chi connectivity index (χ2v) is 7.08. The predicted molar refractivity (Wildman–Crippen MR) is 95.8 cm³/mol. The summed E-state index contributed by atoms with van der Waals surface area (Å²) in [4.78, 5) is 15.1. The molecule has 0 spiro atoms. The SMILES string of the molecule is Cn1c(C(=O)N2CC[C@@H]3CNC[C@@H]3CC2)ccc1-c1ccccc1. The molecule has 4 nitrogen and oxygen atoms in total. The summed E-state index contributed by atoms with van der Waals surface area (Å²) in [5, 5.41) is 3.49. The van der Waals surface area contributed by atoms with Crippen LogP contribution in [0.25, 0.3) is 11.3 Å². The number of likely N-dealkylation sites (tertiary alicyclic amines) is 1. The maximum atomic E-state index is 13.0. The summed E-state index contributed by atoms with van der Waals surface area (Å²) in [5.74, 6) is 1.67. The van der Waals surface area contributed by atoms with Crippen LogP contribution in [0.1, 0.15) is 23.3 Å². The molecule has 0 aliphatic carbocycles. The Morgan fingerprint density at radius 3 is 2.33 bits per heavy atom. The van der Waals surface area contributed by atoms with Crippen LogP contribution in [0, 0.1) is 11.8 Å². The number of hydrogen-bond donors (Lipinski definition) is 1. The van der Waals surface area contributed by atoms with E-state index >= 15 is 0 Å². The van der Waals surface area contributed by atoms with Crippen molar-refractivity contribution in [1.82, 2.24) is 14.8 Å². The van der Waals surface area contributed by atoms with E-state index in [1.807, 2.05) is 35.9 Å². The van der Waals surface area contributed by atoms with Crippen LogP contribution in [0.3, 0.4) is 0 Å². The van der Waals surface area contributed by atoms with Crippen LogP contribution < -0.4 is 5.32 Å². The highest BCUT2D eigenvalue weighted by Crippen LogP contribution is 2.28. The van der Waals surface area contributed by atoms with Gasteiger partial charge in [-0.25, -0.2) is 0 Å². The molecule has 4 rings (SSSR count). The van der Waals surface area contributed by atoms with Crippen molar-refractivity contribution in [2.45, 2.75) is 12.8 Å². The Bertz CT molecular complexity index is 708. The fourth-order valence-electron chi connectivity index (χ4n) is 4.21. The first-order valence-corrected chi connectivity index (χ1v) is 8.95. The number of carbonyl (C=O) groups is 1. The molecule has 4 heteroatoms. The molecule has 126 valence electrons. The smallest absolute Gasteiger partial charge is 0.270 e. The van der Waals surface area contributed by atoms with Gasteiger partial charge in [-0.1, -0.05) is 30.3 Å². The lowest BCUT2D eigenvalue weighted by Gasteiger charge is -2.21. The number of aromatic nitrogens is 1. The van der Waals surface area contributed by atoms with Crippen LogP contribution in [0.2, 0.25) is 0 Å². The monoisotopic (exact) mass is 323 g/mol. The van der Waals surface area contributed by atoms with E-state index in [1.165, 1.54) is 0 Å². The summed E-state index contributed by atoms with van der Waals surface area (Å²) in [6.45, 7) is 4.01. The van der Waals surface area contributed by atoms with Crippen LogP contribution in [0.15, 0.2) is 42.5 Å². The highest BCUT2D eigenvalue weighted by molar-refractivity contribution is 5.94. The molecule has 2 aliphatic rings. The minimum absolute atomic E-state index is 0.174. The summed E-state index contributed by atoms with van der Waals surface area (Å²) in [7, 11) is 1.99. The van der Waals surface area contributed by atoms with Gasteiger partial charge in [0, 0.05) is 25.8 Å². The number of fused-ring (bicyclic) bond motifs is 1. The lowest BCUT2D eigenvalue weighted by Crippen LogP contribution is -2.33. The topological polar surface area (TPSA) is 37.3 Å². The van der Waals surface area contributed by atoms with Crippen LogP contribution in [-0.4, -0.2) is 41.6 Å². The molecular formula is C20H25N3O. The molecule has 2 aromatic rings. The van der Waals surface area contributed by atoms with Crippen molar-refractivity contribution < 1.29 is 4.79 Å². The largest absolute Gasteiger partial charge is 0.340 e. The molecule has 1 N–H and O–H groups in total. The number of rotatable bonds is 2. The van der Waals surface area contributed by atoms with E-state index in [9.17, 15) is 4.79 Å². The Labute approximate surface area is 143 Å². The second-order valence-electron chi connectivity index (χ2n) is 7.08. The first kappa shape index (κ1) is 15.5. The van der Waals surface area contributed by atoms with E-state index in [2.05, 4.69) is 28.4 Å². The number of carbonyl (C=O) groups excluding carboxylic acids is 1. The van der Waals surface area contributed by atoms with Crippen LogP contribution in [0.5, 0.6) is 0 Å². The third-order valence-electron chi connectivity index (χ3n) is 5.72. The second kappa shape index (κ2) is 6.44. The predicted octanol–water partition coefficient (Wildman–Crippen LogP) is 2.76.